The highest BCUT2D eigenvalue weighted by molar-refractivity contribution is 6.05. The SMILES string of the molecule is CN(C)C(=O)c1cccc(NC(=O)c2ccc(N)c([N+](=O)[O-])c2)c1. The third-order valence-corrected chi connectivity index (χ3v) is 3.26. The minimum atomic E-state index is -0.650. The van der Waals surface area contributed by atoms with Gasteiger partial charge in [0.25, 0.3) is 17.5 Å². The Kier molecular flexibility index (Phi) is 4.78. The smallest absolute Gasteiger partial charge is 0.292 e. The molecule has 0 unspecified atom stereocenters. The van der Waals surface area contributed by atoms with E-state index in [1.165, 1.54) is 23.1 Å². The lowest BCUT2D eigenvalue weighted by atomic mass is 10.1. The van der Waals surface area contributed by atoms with Gasteiger partial charge in [-0.05, 0) is 30.3 Å². The molecule has 3 N–H and O–H groups in total. The Morgan fingerprint density at radius 1 is 1.12 bits per heavy atom. The molecule has 0 aliphatic heterocycles. The minimum Gasteiger partial charge on any atom is -0.393 e. The maximum atomic E-state index is 12.2. The predicted octanol–water partition coefficient (Wildman–Crippen LogP) is 2.13. The molecule has 0 saturated carbocycles. The number of hydrogen-bond acceptors (Lipinski definition) is 5. The highest BCUT2D eigenvalue weighted by Gasteiger charge is 2.16. The van der Waals surface area contributed by atoms with Gasteiger partial charge in [0.05, 0.1) is 4.92 Å². The second-order valence-corrected chi connectivity index (χ2v) is 5.27. The van der Waals surface area contributed by atoms with Crippen molar-refractivity contribution in [3.63, 3.8) is 0 Å². The zero-order chi connectivity index (χ0) is 17.9. The van der Waals surface area contributed by atoms with Crippen molar-refractivity contribution >= 4 is 28.9 Å². The molecule has 2 aromatic carbocycles. The molecule has 0 bridgehead atoms. The topological polar surface area (TPSA) is 119 Å². The number of amides is 2. The highest BCUT2D eigenvalue weighted by atomic mass is 16.6. The van der Waals surface area contributed by atoms with E-state index in [-0.39, 0.29) is 22.8 Å². The van der Waals surface area contributed by atoms with Gasteiger partial charge in [0.15, 0.2) is 0 Å². The van der Waals surface area contributed by atoms with Crippen LogP contribution < -0.4 is 11.1 Å². The van der Waals surface area contributed by atoms with Crippen LogP contribution in [0.4, 0.5) is 17.1 Å². The van der Waals surface area contributed by atoms with Gasteiger partial charge in [-0.1, -0.05) is 6.07 Å². The molecule has 2 aromatic rings. The largest absolute Gasteiger partial charge is 0.393 e. The molecule has 0 saturated heterocycles. The summed E-state index contributed by atoms with van der Waals surface area (Å²) in [4.78, 5) is 35.8. The number of nitro groups is 1. The van der Waals surface area contributed by atoms with E-state index in [4.69, 9.17) is 5.73 Å². The van der Waals surface area contributed by atoms with E-state index in [2.05, 4.69) is 5.32 Å². The van der Waals surface area contributed by atoms with Gasteiger partial charge in [0, 0.05) is 37.0 Å². The van der Waals surface area contributed by atoms with E-state index in [0.29, 0.717) is 11.3 Å². The van der Waals surface area contributed by atoms with Gasteiger partial charge in [-0.2, -0.15) is 0 Å². The average Bonchev–Trinajstić information content (AvgIpc) is 2.54. The van der Waals surface area contributed by atoms with E-state index >= 15 is 0 Å². The molecule has 0 aliphatic carbocycles. The van der Waals surface area contributed by atoms with Crippen molar-refractivity contribution in [2.24, 2.45) is 0 Å². The van der Waals surface area contributed by atoms with Crippen LogP contribution in [0.2, 0.25) is 0 Å². The van der Waals surface area contributed by atoms with Crippen molar-refractivity contribution in [2.45, 2.75) is 0 Å². The summed E-state index contributed by atoms with van der Waals surface area (Å²) < 4.78 is 0. The predicted molar refractivity (Wildman–Crippen MR) is 89.9 cm³/mol. The molecule has 0 aromatic heterocycles. The number of nitrogens with two attached hydrogens (primary N) is 1. The van der Waals surface area contributed by atoms with Crippen LogP contribution in [0.15, 0.2) is 42.5 Å². The van der Waals surface area contributed by atoms with Gasteiger partial charge in [0.1, 0.15) is 5.69 Å². The number of carbonyl (C=O) groups excluding carboxylic acids is 2. The zero-order valence-electron chi connectivity index (χ0n) is 13.1. The van der Waals surface area contributed by atoms with Crippen LogP contribution in [-0.4, -0.2) is 35.7 Å². The molecular weight excluding hydrogens is 312 g/mol. The van der Waals surface area contributed by atoms with E-state index < -0.39 is 10.8 Å². The quantitative estimate of drug-likeness (QED) is 0.506. The summed E-state index contributed by atoms with van der Waals surface area (Å²) in [6, 6.07) is 10.2. The number of benzene rings is 2. The summed E-state index contributed by atoms with van der Waals surface area (Å²) in [5, 5.41) is 13.5. The summed E-state index contributed by atoms with van der Waals surface area (Å²) in [5.74, 6) is -0.734. The van der Waals surface area contributed by atoms with Crippen molar-refractivity contribution < 1.29 is 14.5 Å². The highest BCUT2D eigenvalue weighted by Crippen LogP contribution is 2.23. The normalized spacial score (nSPS) is 10.1. The Morgan fingerprint density at radius 3 is 2.46 bits per heavy atom. The summed E-state index contributed by atoms with van der Waals surface area (Å²) >= 11 is 0. The molecule has 0 spiro atoms. The third kappa shape index (κ3) is 3.67. The lowest BCUT2D eigenvalue weighted by molar-refractivity contribution is -0.383. The second kappa shape index (κ2) is 6.78. The molecular formula is C16H16N4O4. The maximum absolute atomic E-state index is 12.2. The average molecular weight is 328 g/mol. The molecule has 8 heteroatoms. The zero-order valence-corrected chi connectivity index (χ0v) is 13.1. The van der Waals surface area contributed by atoms with Crippen LogP contribution in [0.1, 0.15) is 20.7 Å². The van der Waals surface area contributed by atoms with Gasteiger partial charge in [-0.15, -0.1) is 0 Å². The molecule has 0 aliphatic rings. The van der Waals surface area contributed by atoms with Gasteiger partial charge in [0.2, 0.25) is 0 Å². The first-order valence-electron chi connectivity index (χ1n) is 6.96. The van der Waals surface area contributed by atoms with Gasteiger partial charge in [-0.25, -0.2) is 0 Å². The molecule has 0 radical (unpaired) electrons. The fourth-order valence-electron chi connectivity index (χ4n) is 2.03. The van der Waals surface area contributed by atoms with Gasteiger partial charge in [-0.3, -0.25) is 19.7 Å². The van der Waals surface area contributed by atoms with Crippen LogP contribution in [0.25, 0.3) is 0 Å². The summed E-state index contributed by atoms with van der Waals surface area (Å²) in [6.45, 7) is 0. The third-order valence-electron chi connectivity index (χ3n) is 3.26. The van der Waals surface area contributed by atoms with Crippen LogP contribution in [0.3, 0.4) is 0 Å². The molecule has 24 heavy (non-hydrogen) atoms. The van der Waals surface area contributed by atoms with E-state index in [1.807, 2.05) is 0 Å². The molecule has 0 heterocycles. The molecule has 2 rings (SSSR count). The van der Waals surface area contributed by atoms with Crippen molar-refractivity contribution in [1.29, 1.82) is 0 Å². The van der Waals surface area contributed by atoms with Crippen LogP contribution in [0, 0.1) is 10.1 Å². The number of rotatable bonds is 4. The fourth-order valence-corrected chi connectivity index (χ4v) is 2.03. The Bertz CT molecular complexity index is 817. The monoisotopic (exact) mass is 328 g/mol. The first-order chi connectivity index (χ1) is 11.3. The van der Waals surface area contributed by atoms with Crippen LogP contribution in [-0.2, 0) is 0 Å². The lowest BCUT2D eigenvalue weighted by Crippen LogP contribution is -2.22. The molecule has 0 fully saturated rings. The number of carbonyl (C=O) groups is 2. The number of anilines is 2. The van der Waals surface area contributed by atoms with Gasteiger partial charge < -0.3 is 16.0 Å². The Hall–Kier alpha value is -3.42. The van der Waals surface area contributed by atoms with E-state index in [1.54, 1.807) is 32.3 Å². The van der Waals surface area contributed by atoms with E-state index in [9.17, 15) is 19.7 Å². The fraction of sp³-hybridized carbons (Fsp3) is 0.125. The van der Waals surface area contributed by atoms with Crippen molar-refractivity contribution in [2.75, 3.05) is 25.1 Å². The maximum Gasteiger partial charge on any atom is 0.292 e. The summed E-state index contributed by atoms with van der Waals surface area (Å²) in [6.07, 6.45) is 0. The van der Waals surface area contributed by atoms with Gasteiger partial charge >= 0.3 is 0 Å². The Morgan fingerprint density at radius 2 is 1.83 bits per heavy atom. The first kappa shape index (κ1) is 16.9. The second-order valence-electron chi connectivity index (χ2n) is 5.27. The number of hydrogen-bond donors (Lipinski definition) is 2. The molecule has 2 amide bonds. The summed E-state index contributed by atoms with van der Waals surface area (Å²) in [5.41, 5.74) is 6.08. The van der Waals surface area contributed by atoms with Crippen LogP contribution >= 0.6 is 0 Å². The van der Waals surface area contributed by atoms with Crippen molar-refractivity contribution in [1.82, 2.24) is 4.90 Å². The molecule has 0 atom stereocenters. The Balaban J connectivity index is 2.24. The van der Waals surface area contributed by atoms with Crippen molar-refractivity contribution in [3.05, 3.63) is 63.7 Å². The molecule has 124 valence electrons. The lowest BCUT2D eigenvalue weighted by Gasteiger charge is -2.11. The number of nitrogens with one attached hydrogen (secondary N) is 1. The Labute approximate surface area is 138 Å². The van der Waals surface area contributed by atoms with Crippen molar-refractivity contribution in [3.8, 4) is 0 Å². The summed E-state index contributed by atoms with van der Waals surface area (Å²) in [7, 11) is 3.25. The number of nitrogens with zero attached hydrogens (tertiary/aromatic N) is 2. The molecule has 8 nitrogen and oxygen atoms in total. The number of nitrogen functional groups attached to an aromatic ring is 1. The standard InChI is InChI=1S/C16H16N4O4/c1-19(2)16(22)11-4-3-5-12(8-11)18-15(21)10-6-7-13(17)14(9-10)20(23)24/h3-9H,17H2,1-2H3,(H,18,21). The van der Waals surface area contributed by atoms with E-state index in [0.717, 1.165) is 6.07 Å². The minimum absolute atomic E-state index is 0.0184. The number of nitro benzene ring substituents is 1. The van der Waals surface area contributed by atoms with Crippen LogP contribution in [0.5, 0.6) is 0 Å². The first-order valence-corrected chi connectivity index (χ1v) is 6.96.